The highest BCUT2D eigenvalue weighted by molar-refractivity contribution is 9.10. The van der Waals surface area contributed by atoms with E-state index in [1.807, 2.05) is 30.3 Å². The first-order chi connectivity index (χ1) is 16.8. The second kappa shape index (κ2) is 10.5. The van der Waals surface area contributed by atoms with E-state index < -0.39 is 17.7 Å². The standard InChI is InChI=1S/C24H18BrClN6O3/c1-14(33)29-30-23(34)17-10-5-9-16(15-7-3-2-4-8-15)21(17)28-24(35)19-13-20(25)31-32(19)22-18(26)11-6-12-27-22/h2-13H,1H3,(H,28,35)(H,29,33)(H,30,34). The van der Waals surface area contributed by atoms with Crippen molar-refractivity contribution in [2.24, 2.45) is 0 Å². The number of hydrogen-bond acceptors (Lipinski definition) is 5. The quantitative estimate of drug-likeness (QED) is 0.317. The smallest absolute Gasteiger partial charge is 0.274 e. The van der Waals surface area contributed by atoms with Gasteiger partial charge in [-0.2, -0.15) is 5.10 Å². The lowest BCUT2D eigenvalue weighted by Crippen LogP contribution is -2.40. The summed E-state index contributed by atoms with van der Waals surface area (Å²) in [5.74, 6) is -1.33. The second-order valence-electron chi connectivity index (χ2n) is 7.26. The number of nitrogens with one attached hydrogen (secondary N) is 3. The van der Waals surface area contributed by atoms with Crippen LogP contribution < -0.4 is 16.2 Å². The van der Waals surface area contributed by atoms with Gasteiger partial charge in [-0.25, -0.2) is 9.67 Å². The molecule has 2 aromatic carbocycles. The molecule has 0 saturated heterocycles. The van der Waals surface area contributed by atoms with Crippen LogP contribution in [-0.4, -0.2) is 32.5 Å². The molecule has 0 fully saturated rings. The van der Waals surface area contributed by atoms with Gasteiger partial charge in [0.1, 0.15) is 10.3 Å². The Morgan fingerprint density at radius 2 is 1.71 bits per heavy atom. The number of para-hydroxylation sites is 1. The number of benzene rings is 2. The minimum Gasteiger partial charge on any atom is -0.319 e. The first kappa shape index (κ1) is 24.1. The molecule has 0 aliphatic rings. The number of carbonyl (C=O) groups excluding carboxylic acids is 3. The minimum absolute atomic E-state index is 0.133. The number of aromatic nitrogens is 3. The molecular weight excluding hydrogens is 536 g/mol. The third-order valence-electron chi connectivity index (χ3n) is 4.84. The Morgan fingerprint density at radius 3 is 2.43 bits per heavy atom. The molecule has 0 aliphatic carbocycles. The van der Waals surface area contributed by atoms with Gasteiger partial charge < -0.3 is 5.32 Å². The number of hydrogen-bond donors (Lipinski definition) is 3. The molecular formula is C24H18BrClN6O3. The maximum absolute atomic E-state index is 13.5. The fourth-order valence-corrected chi connectivity index (χ4v) is 3.91. The molecule has 3 N–H and O–H groups in total. The molecule has 3 amide bonds. The summed E-state index contributed by atoms with van der Waals surface area (Å²) in [4.78, 5) is 41.9. The molecule has 35 heavy (non-hydrogen) atoms. The molecule has 4 aromatic rings. The van der Waals surface area contributed by atoms with Crippen molar-refractivity contribution in [2.45, 2.75) is 6.92 Å². The lowest BCUT2D eigenvalue weighted by Gasteiger charge is -2.17. The van der Waals surface area contributed by atoms with Crippen LogP contribution in [0.2, 0.25) is 5.02 Å². The normalized spacial score (nSPS) is 10.5. The van der Waals surface area contributed by atoms with Gasteiger partial charge in [-0.15, -0.1) is 0 Å². The largest absolute Gasteiger partial charge is 0.319 e. The van der Waals surface area contributed by atoms with E-state index in [1.165, 1.54) is 23.9 Å². The predicted octanol–water partition coefficient (Wildman–Crippen LogP) is 4.38. The zero-order valence-electron chi connectivity index (χ0n) is 18.3. The van der Waals surface area contributed by atoms with E-state index in [4.69, 9.17) is 11.6 Å². The molecule has 0 spiro atoms. The summed E-state index contributed by atoms with van der Waals surface area (Å²) in [7, 11) is 0. The summed E-state index contributed by atoms with van der Waals surface area (Å²) in [5, 5.41) is 7.43. The minimum atomic E-state index is -0.601. The molecule has 11 heteroatoms. The second-order valence-corrected chi connectivity index (χ2v) is 8.48. The molecule has 4 rings (SSSR count). The summed E-state index contributed by atoms with van der Waals surface area (Å²) >= 11 is 9.57. The zero-order valence-corrected chi connectivity index (χ0v) is 20.6. The first-order valence-corrected chi connectivity index (χ1v) is 11.5. The van der Waals surface area contributed by atoms with E-state index in [2.05, 4.69) is 42.2 Å². The molecule has 176 valence electrons. The monoisotopic (exact) mass is 552 g/mol. The van der Waals surface area contributed by atoms with Gasteiger partial charge in [0.25, 0.3) is 11.8 Å². The van der Waals surface area contributed by atoms with Crippen molar-refractivity contribution in [1.29, 1.82) is 0 Å². The van der Waals surface area contributed by atoms with Crippen LogP contribution >= 0.6 is 27.5 Å². The molecule has 9 nitrogen and oxygen atoms in total. The lowest BCUT2D eigenvalue weighted by atomic mass is 9.99. The Balaban J connectivity index is 1.79. The molecule has 0 atom stereocenters. The van der Waals surface area contributed by atoms with Crippen LogP contribution in [-0.2, 0) is 4.79 Å². The average Bonchev–Trinajstić information content (AvgIpc) is 3.25. The van der Waals surface area contributed by atoms with E-state index in [9.17, 15) is 14.4 Å². The van der Waals surface area contributed by atoms with Gasteiger partial charge in [-0.05, 0) is 39.7 Å². The summed E-state index contributed by atoms with van der Waals surface area (Å²) in [5.41, 5.74) is 6.52. The number of pyridine rings is 1. The molecule has 2 aromatic heterocycles. The van der Waals surface area contributed by atoms with Crippen molar-refractivity contribution >= 4 is 50.9 Å². The van der Waals surface area contributed by atoms with E-state index in [-0.39, 0.29) is 22.8 Å². The van der Waals surface area contributed by atoms with Crippen LogP contribution in [0, 0.1) is 0 Å². The number of rotatable bonds is 5. The van der Waals surface area contributed by atoms with Gasteiger partial charge in [-0.3, -0.25) is 25.2 Å². The molecule has 2 heterocycles. The molecule has 0 radical (unpaired) electrons. The Labute approximate surface area is 213 Å². The highest BCUT2D eigenvalue weighted by Gasteiger charge is 2.23. The fourth-order valence-electron chi connectivity index (χ4n) is 3.33. The van der Waals surface area contributed by atoms with Crippen molar-refractivity contribution in [1.82, 2.24) is 25.6 Å². The number of halogens is 2. The molecule has 0 unspecified atom stereocenters. The van der Waals surface area contributed by atoms with Crippen LogP contribution in [0.1, 0.15) is 27.8 Å². The molecule has 0 aliphatic heterocycles. The van der Waals surface area contributed by atoms with E-state index in [1.54, 1.807) is 30.3 Å². The topological polar surface area (TPSA) is 118 Å². The van der Waals surface area contributed by atoms with Crippen molar-refractivity contribution < 1.29 is 14.4 Å². The SMILES string of the molecule is CC(=O)NNC(=O)c1cccc(-c2ccccc2)c1NC(=O)c1cc(Br)nn1-c1ncccc1Cl. The third-order valence-corrected chi connectivity index (χ3v) is 5.52. The van der Waals surface area contributed by atoms with Crippen LogP contribution in [0.25, 0.3) is 16.9 Å². The number of hydrazine groups is 1. The summed E-state index contributed by atoms with van der Waals surface area (Å²) in [6, 6.07) is 19.1. The highest BCUT2D eigenvalue weighted by atomic mass is 79.9. The van der Waals surface area contributed by atoms with Gasteiger partial charge in [-0.1, -0.05) is 54.1 Å². The third kappa shape index (κ3) is 5.39. The van der Waals surface area contributed by atoms with Crippen LogP contribution in [0.5, 0.6) is 0 Å². The summed E-state index contributed by atoms with van der Waals surface area (Å²) < 4.78 is 1.70. The van der Waals surface area contributed by atoms with Crippen molar-refractivity contribution in [2.75, 3.05) is 5.32 Å². The Kier molecular flexibility index (Phi) is 7.23. The van der Waals surface area contributed by atoms with Gasteiger partial charge >= 0.3 is 0 Å². The van der Waals surface area contributed by atoms with E-state index >= 15 is 0 Å². The Bertz CT molecular complexity index is 1420. The maximum atomic E-state index is 13.5. The Hall–Kier alpha value is -4.02. The fraction of sp³-hybridized carbons (Fsp3) is 0.0417. The highest BCUT2D eigenvalue weighted by Crippen LogP contribution is 2.32. The summed E-state index contributed by atoms with van der Waals surface area (Å²) in [6.07, 6.45) is 1.54. The number of amides is 3. The van der Waals surface area contributed by atoms with Gasteiger partial charge in [0.15, 0.2) is 5.82 Å². The lowest BCUT2D eigenvalue weighted by molar-refractivity contribution is -0.119. The maximum Gasteiger partial charge on any atom is 0.274 e. The molecule has 0 bridgehead atoms. The van der Waals surface area contributed by atoms with Gasteiger partial charge in [0.2, 0.25) is 5.91 Å². The predicted molar refractivity (Wildman–Crippen MR) is 135 cm³/mol. The van der Waals surface area contributed by atoms with Crippen molar-refractivity contribution in [3.05, 3.63) is 93.8 Å². The summed E-state index contributed by atoms with van der Waals surface area (Å²) in [6.45, 7) is 1.27. The van der Waals surface area contributed by atoms with Crippen molar-refractivity contribution in [3.63, 3.8) is 0 Å². The first-order valence-electron chi connectivity index (χ1n) is 10.3. The van der Waals surface area contributed by atoms with E-state index in [0.717, 1.165) is 5.56 Å². The van der Waals surface area contributed by atoms with Crippen molar-refractivity contribution in [3.8, 4) is 16.9 Å². The molecule has 0 saturated carbocycles. The van der Waals surface area contributed by atoms with Gasteiger partial charge in [0, 0.05) is 24.8 Å². The van der Waals surface area contributed by atoms with Gasteiger partial charge in [0.05, 0.1) is 16.3 Å². The van der Waals surface area contributed by atoms with Crippen LogP contribution in [0.4, 0.5) is 5.69 Å². The van der Waals surface area contributed by atoms with E-state index in [0.29, 0.717) is 15.2 Å². The average molecular weight is 554 g/mol. The van der Waals surface area contributed by atoms with Crippen LogP contribution in [0.3, 0.4) is 0 Å². The Morgan fingerprint density at radius 1 is 0.943 bits per heavy atom. The zero-order chi connectivity index (χ0) is 24.9. The number of anilines is 1. The van der Waals surface area contributed by atoms with Crippen LogP contribution in [0.15, 0.2) is 77.5 Å². The number of nitrogens with zero attached hydrogens (tertiary/aromatic N) is 3. The number of carbonyl (C=O) groups is 3.